The average Bonchev–Trinajstić information content (AvgIpc) is 3.24. The van der Waals surface area contributed by atoms with Gasteiger partial charge in [-0.25, -0.2) is 4.68 Å². The standard InChI is InChI=1S/C26H31ClN4O/c1-5-26(6-2,19-12-14-20(27)15-13-19)30-24(32)21-17-28-31-23(21)29-22(16-25(31,3)4)18-10-8-7-9-11-18/h7-15,17,22,29H,5-6,16H2,1-4H3,(H,30,32). The summed E-state index contributed by atoms with van der Waals surface area (Å²) in [6, 6.07) is 18.2. The largest absolute Gasteiger partial charge is 0.363 e. The normalized spacial score (nSPS) is 17.3. The van der Waals surface area contributed by atoms with E-state index in [1.54, 1.807) is 6.20 Å². The molecule has 5 nitrogen and oxygen atoms in total. The third-order valence-corrected chi connectivity index (χ3v) is 7.01. The van der Waals surface area contributed by atoms with Crippen molar-refractivity contribution in [2.45, 2.75) is 64.1 Å². The minimum atomic E-state index is -0.473. The molecular formula is C26H31ClN4O. The lowest BCUT2D eigenvalue weighted by atomic mass is 9.84. The molecule has 1 aliphatic heterocycles. The molecule has 1 aromatic heterocycles. The van der Waals surface area contributed by atoms with Crippen LogP contribution in [0.25, 0.3) is 0 Å². The molecule has 1 atom stereocenters. The Hall–Kier alpha value is -2.79. The summed E-state index contributed by atoms with van der Waals surface area (Å²) in [6.45, 7) is 8.52. The first-order chi connectivity index (χ1) is 15.3. The van der Waals surface area contributed by atoms with Gasteiger partial charge in [0.05, 0.1) is 23.3 Å². The molecule has 1 aliphatic rings. The fourth-order valence-electron chi connectivity index (χ4n) is 4.76. The van der Waals surface area contributed by atoms with Crippen molar-refractivity contribution in [3.8, 4) is 0 Å². The Bertz CT molecular complexity index is 1080. The number of aromatic nitrogens is 2. The van der Waals surface area contributed by atoms with E-state index in [1.165, 1.54) is 5.56 Å². The van der Waals surface area contributed by atoms with Crippen molar-refractivity contribution in [1.82, 2.24) is 15.1 Å². The number of fused-ring (bicyclic) bond motifs is 1. The molecule has 168 valence electrons. The van der Waals surface area contributed by atoms with Crippen molar-refractivity contribution in [2.75, 3.05) is 5.32 Å². The van der Waals surface area contributed by atoms with Gasteiger partial charge in [-0.1, -0.05) is 67.9 Å². The molecule has 0 fully saturated rings. The SMILES string of the molecule is CCC(CC)(NC(=O)c1cnn2c1NC(c1ccccc1)CC2(C)C)c1ccc(Cl)cc1. The van der Waals surface area contributed by atoms with Crippen LogP contribution in [0.5, 0.6) is 0 Å². The van der Waals surface area contributed by atoms with Gasteiger partial charge in [-0.3, -0.25) is 4.79 Å². The summed E-state index contributed by atoms with van der Waals surface area (Å²) < 4.78 is 1.95. The van der Waals surface area contributed by atoms with Gasteiger partial charge in [-0.15, -0.1) is 0 Å². The number of benzene rings is 2. The van der Waals surface area contributed by atoms with E-state index >= 15 is 0 Å². The van der Waals surface area contributed by atoms with E-state index in [4.69, 9.17) is 11.6 Å². The van der Waals surface area contributed by atoms with Crippen LogP contribution in [0.2, 0.25) is 5.02 Å². The van der Waals surface area contributed by atoms with Crippen molar-refractivity contribution in [3.63, 3.8) is 0 Å². The number of rotatable bonds is 6. The highest BCUT2D eigenvalue weighted by molar-refractivity contribution is 6.30. The molecular weight excluding hydrogens is 420 g/mol. The second-order valence-electron chi connectivity index (χ2n) is 9.19. The zero-order chi connectivity index (χ0) is 22.9. The number of carbonyl (C=O) groups excluding carboxylic acids is 1. The Morgan fingerprint density at radius 3 is 2.44 bits per heavy atom. The molecule has 6 heteroatoms. The van der Waals surface area contributed by atoms with Crippen LogP contribution in [-0.4, -0.2) is 15.7 Å². The summed E-state index contributed by atoms with van der Waals surface area (Å²) >= 11 is 6.10. The average molecular weight is 451 g/mol. The maximum Gasteiger partial charge on any atom is 0.257 e. The highest BCUT2D eigenvalue weighted by Crippen LogP contribution is 2.40. The summed E-state index contributed by atoms with van der Waals surface area (Å²) in [5.41, 5.74) is 2.13. The summed E-state index contributed by atoms with van der Waals surface area (Å²) in [4.78, 5) is 13.6. The first-order valence-corrected chi connectivity index (χ1v) is 11.7. The van der Waals surface area contributed by atoms with Crippen molar-refractivity contribution < 1.29 is 4.79 Å². The molecule has 0 aliphatic carbocycles. The summed E-state index contributed by atoms with van der Waals surface area (Å²) in [6.07, 6.45) is 4.11. The lowest BCUT2D eigenvalue weighted by molar-refractivity contribution is 0.0890. The molecule has 2 heterocycles. The van der Waals surface area contributed by atoms with E-state index < -0.39 is 5.54 Å². The zero-order valence-electron chi connectivity index (χ0n) is 19.2. The lowest BCUT2D eigenvalue weighted by Crippen LogP contribution is -2.45. The maximum atomic E-state index is 13.6. The number of nitrogens with zero attached hydrogens (tertiary/aromatic N) is 2. The fraction of sp³-hybridized carbons (Fsp3) is 0.385. The fourth-order valence-corrected chi connectivity index (χ4v) is 4.89. The van der Waals surface area contributed by atoms with Crippen LogP contribution in [0.15, 0.2) is 60.8 Å². The van der Waals surface area contributed by atoms with Crippen LogP contribution in [-0.2, 0) is 11.1 Å². The third-order valence-electron chi connectivity index (χ3n) is 6.76. The first-order valence-electron chi connectivity index (χ1n) is 11.3. The van der Waals surface area contributed by atoms with Gasteiger partial charge in [-0.2, -0.15) is 5.10 Å². The number of nitrogens with one attached hydrogen (secondary N) is 2. The van der Waals surface area contributed by atoms with Crippen LogP contribution < -0.4 is 10.6 Å². The van der Waals surface area contributed by atoms with Crippen LogP contribution in [0.1, 0.15) is 74.5 Å². The predicted molar refractivity (Wildman–Crippen MR) is 130 cm³/mol. The van der Waals surface area contributed by atoms with Gasteiger partial charge in [0.2, 0.25) is 0 Å². The molecule has 1 amide bonds. The molecule has 2 N–H and O–H groups in total. The van der Waals surface area contributed by atoms with E-state index in [1.807, 2.05) is 47.1 Å². The van der Waals surface area contributed by atoms with Crippen LogP contribution >= 0.6 is 11.6 Å². The number of amides is 1. The van der Waals surface area contributed by atoms with Gasteiger partial charge in [0.1, 0.15) is 11.4 Å². The second-order valence-corrected chi connectivity index (χ2v) is 9.63. The minimum absolute atomic E-state index is 0.111. The summed E-state index contributed by atoms with van der Waals surface area (Å²) in [5.74, 6) is 0.645. The summed E-state index contributed by atoms with van der Waals surface area (Å²) in [7, 11) is 0. The highest BCUT2D eigenvalue weighted by atomic mass is 35.5. The first kappa shape index (κ1) is 22.4. The molecule has 2 aromatic carbocycles. The number of hydrogen-bond donors (Lipinski definition) is 2. The Balaban J connectivity index is 1.67. The van der Waals surface area contributed by atoms with Gasteiger partial charge in [0, 0.05) is 5.02 Å². The van der Waals surface area contributed by atoms with Gasteiger partial charge in [0.25, 0.3) is 5.91 Å². The van der Waals surface area contributed by atoms with E-state index in [-0.39, 0.29) is 17.5 Å². The second kappa shape index (κ2) is 8.62. The zero-order valence-corrected chi connectivity index (χ0v) is 19.9. The smallest absolute Gasteiger partial charge is 0.257 e. The number of carbonyl (C=O) groups is 1. The van der Waals surface area contributed by atoms with E-state index in [0.29, 0.717) is 10.6 Å². The maximum absolute atomic E-state index is 13.6. The van der Waals surface area contributed by atoms with Gasteiger partial charge >= 0.3 is 0 Å². The Kier molecular flexibility index (Phi) is 6.04. The van der Waals surface area contributed by atoms with Gasteiger partial charge < -0.3 is 10.6 Å². The monoisotopic (exact) mass is 450 g/mol. The number of anilines is 1. The van der Waals surface area contributed by atoms with Crippen molar-refractivity contribution in [2.24, 2.45) is 0 Å². The highest BCUT2D eigenvalue weighted by Gasteiger charge is 2.38. The molecule has 3 aromatic rings. The molecule has 32 heavy (non-hydrogen) atoms. The molecule has 0 bridgehead atoms. The minimum Gasteiger partial charge on any atom is -0.363 e. The Morgan fingerprint density at radius 2 is 1.81 bits per heavy atom. The van der Waals surface area contributed by atoms with Gasteiger partial charge in [-0.05, 0) is 56.4 Å². The van der Waals surface area contributed by atoms with Gasteiger partial charge in [0.15, 0.2) is 0 Å². The van der Waals surface area contributed by atoms with Crippen molar-refractivity contribution in [3.05, 3.63) is 82.5 Å². The van der Waals surface area contributed by atoms with E-state index in [0.717, 1.165) is 30.6 Å². The van der Waals surface area contributed by atoms with Crippen molar-refractivity contribution in [1.29, 1.82) is 0 Å². The molecule has 0 saturated carbocycles. The van der Waals surface area contributed by atoms with Crippen molar-refractivity contribution >= 4 is 23.3 Å². The van der Waals surface area contributed by atoms with Crippen LogP contribution in [0.3, 0.4) is 0 Å². The Morgan fingerprint density at radius 1 is 1.16 bits per heavy atom. The topological polar surface area (TPSA) is 59.0 Å². The molecule has 0 spiro atoms. The number of halogens is 1. The quantitative estimate of drug-likeness (QED) is 0.465. The molecule has 4 rings (SSSR count). The lowest BCUT2D eigenvalue weighted by Gasteiger charge is -2.38. The molecule has 0 radical (unpaired) electrons. The third kappa shape index (κ3) is 4.02. The van der Waals surface area contributed by atoms with E-state index in [2.05, 4.69) is 55.6 Å². The number of hydrogen-bond acceptors (Lipinski definition) is 3. The predicted octanol–water partition coefficient (Wildman–Crippen LogP) is 6.27. The summed E-state index contributed by atoms with van der Waals surface area (Å²) in [5, 5.41) is 12.2. The van der Waals surface area contributed by atoms with E-state index in [9.17, 15) is 4.79 Å². The molecule has 1 unspecified atom stereocenters. The van der Waals surface area contributed by atoms with Crippen LogP contribution in [0.4, 0.5) is 5.82 Å². The molecule has 0 saturated heterocycles. The Labute approximate surface area is 195 Å². The van der Waals surface area contributed by atoms with Crippen LogP contribution in [0, 0.1) is 0 Å².